The maximum Gasteiger partial charge on any atom is 0.279 e. The molecule has 28 heavy (non-hydrogen) atoms. The number of anilines is 1. The number of rotatable bonds is 5. The highest BCUT2D eigenvalue weighted by Gasteiger charge is 2.14. The minimum Gasteiger partial charge on any atom is -0.296 e. The van der Waals surface area contributed by atoms with E-state index in [2.05, 4.69) is 20.6 Å². The van der Waals surface area contributed by atoms with Gasteiger partial charge in [-0.1, -0.05) is 23.4 Å². The van der Waals surface area contributed by atoms with Crippen molar-refractivity contribution < 1.29 is 13.6 Å². The van der Waals surface area contributed by atoms with Gasteiger partial charge < -0.3 is 0 Å². The average molecular weight is 397 g/mol. The van der Waals surface area contributed by atoms with Gasteiger partial charge in [0.15, 0.2) is 10.8 Å². The van der Waals surface area contributed by atoms with Crippen LogP contribution in [0.4, 0.5) is 13.9 Å². The van der Waals surface area contributed by atoms with Gasteiger partial charge in [-0.25, -0.2) is 18.4 Å². The van der Waals surface area contributed by atoms with Crippen LogP contribution in [0.25, 0.3) is 5.69 Å². The number of nitrogens with one attached hydrogen (secondary N) is 1. The second-order valence-corrected chi connectivity index (χ2v) is 7.04. The number of carbonyl (C=O) groups is 1. The monoisotopic (exact) mass is 397 g/mol. The summed E-state index contributed by atoms with van der Waals surface area (Å²) >= 11 is 1.22. The first kappa shape index (κ1) is 17.9. The molecule has 2 aromatic heterocycles. The van der Waals surface area contributed by atoms with Crippen molar-refractivity contribution in [2.75, 3.05) is 5.32 Å². The van der Waals surface area contributed by atoms with Crippen LogP contribution < -0.4 is 5.32 Å². The summed E-state index contributed by atoms with van der Waals surface area (Å²) in [6.07, 6.45) is 3.39. The van der Waals surface area contributed by atoms with Crippen molar-refractivity contribution in [3.8, 4) is 5.69 Å². The second kappa shape index (κ2) is 7.65. The van der Waals surface area contributed by atoms with Crippen LogP contribution in [0, 0.1) is 11.6 Å². The molecule has 0 saturated carbocycles. The molecule has 0 saturated heterocycles. The topological polar surface area (TPSA) is 72.7 Å². The SMILES string of the molecule is O=C(Nc1ncc(Cc2cc(F)cc(F)c2)s1)c1cn(-c2ccccc2)nn1. The largest absolute Gasteiger partial charge is 0.296 e. The van der Waals surface area contributed by atoms with Gasteiger partial charge in [0.2, 0.25) is 0 Å². The lowest BCUT2D eigenvalue weighted by atomic mass is 10.1. The summed E-state index contributed by atoms with van der Waals surface area (Å²) in [6, 6.07) is 12.6. The Morgan fingerprint density at radius 1 is 1.11 bits per heavy atom. The number of hydrogen-bond donors (Lipinski definition) is 1. The molecule has 4 aromatic rings. The summed E-state index contributed by atoms with van der Waals surface area (Å²) in [4.78, 5) is 17.2. The first-order valence-corrected chi connectivity index (χ1v) is 9.07. The van der Waals surface area contributed by atoms with Gasteiger partial charge in [-0.2, -0.15) is 0 Å². The molecule has 140 valence electrons. The van der Waals surface area contributed by atoms with Crippen molar-refractivity contribution in [1.29, 1.82) is 0 Å². The van der Waals surface area contributed by atoms with E-state index >= 15 is 0 Å². The minimum atomic E-state index is -0.630. The molecular formula is C19H13F2N5OS. The van der Waals surface area contributed by atoms with Crippen LogP contribution in [0.5, 0.6) is 0 Å². The van der Waals surface area contributed by atoms with Crippen molar-refractivity contribution in [3.63, 3.8) is 0 Å². The van der Waals surface area contributed by atoms with Gasteiger partial charge in [0, 0.05) is 23.6 Å². The number of para-hydroxylation sites is 1. The molecule has 0 aliphatic heterocycles. The Hall–Kier alpha value is -3.46. The molecule has 0 fully saturated rings. The number of benzene rings is 2. The van der Waals surface area contributed by atoms with Crippen molar-refractivity contribution in [1.82, 2.24) is 20.0 Å². The van der Waals surface area contributed by atoms with E-state index in [-0.39, 0.29) is 5.69 Å². The van der Waals surface area contributed by atoms with Crippen molar-refractivity contribution in [2.45, 2.75) is 6.42 Å². The average Bonchev–Trinajstić information content (AvgIpc) is 3.31. The van der Waals surface area contributed by atoms with Gasteiger partial charge in [-0.05, 0) is 29.8 Å². The summed E-state index contributed by atoms with van der Waals surface area (Å²) in [7, 11) is 0. The lowest BCUT2D eigenvalue weighted by Gasteiger charge is -2.00. The third-order valence-electron chi connectivity index (χ3n) is 3.82. The van der Waals surface area contributed by atoms with Gasteiger partial charge in [-0.3, -0.25) is 10.1 Å². The summed E-state index contributed by atoms with van der Waals surface area (Å²) in [5.74, 6) is -1.70. The Bertz CT molecular complexity index is 1110. The molecule has 0 radical (unpaired) electrons. The fraction of sp³-hybridized carbons (Fsp3) is 0.0526. The number of carbonyl (C=O) groups excluding carboxylic acids is 1. The van der Waals surface area contributed by atoms with Gasteiger partial charge in [0.25, 0.3) is 5.91 Å². The van der Waals surface area contributed by atoms with Gasteiger partial charge in [-0.15, -0.1) is 16.4 Å². The smallest absolute Gasteiger partial charge is 0.279 e. The molecule has 2 aromatic carbocycles. The standard InChI is InChI=1S/C19H13F2N5OS/c20-13-6-12(7-14(21)9-13)8-16-10-22-19(28-16)23-18(27)17-11-26(25-24-17)15-4-2-1-3-5-15/h1-7,9-11H,8H2,(H,22,23,27). The molecule has 6 nitrogen and oxygen atoms in total. The molecule has 1 amide bonds. The highest BCUT2D eigenvalue weighted by Crippen LogP contribution is 2.22. The zero-order valence-corrected chi connectivity index (χ0v) is 15.2. The Kier molecular flexibility index (Phi) is 4.90. The zero-order chi connectivity index (χ0) is 19.5. The third-order valence-corrected chi connectivity index (χ3v) is 4.73. The first-order chi connectivity index (χ1) is 13.6. The Morgan fingerprint density at radius 3 is 2.61 bits per heavy atom. The van der Waals surface area contributed by atoms with E-state index in [0.29, 0.717) is 17.1 Å². The van der Waals surface area contributed by atoms with E-state index in [1.807, 2.05) is 30.3 Å². The quantitative estimate of drug-likeness (QED) is 0.555. The molecule has 2 heterocycles. The van der Waals surface area contributed by atoms with Gasteiger partial charge in [0.1, 0.15) is 11.6 Å². The molecule has 0 aliphatic carbocycles. The summed E-state index contributed by atoms with van der Waals surface area (Å²) in [5.41, 5.74) is 1.42. The summed E-state index contributed by atoms with van der Waals surface area (Å²) < 4.78 is 28.1. The molecule has 0 unspecified atom stereocenters. The summed E-state index contributed by atoms with van der Waals surface area (Å²) in [6.45, 7) is 0. The van der Waals surface area contributed by atoms with Gasteiger partial charge >= 0.3 is 0 Å². The van der Waals surface area contributed by atoms with E-state index in [4.69, 9.17) is 0 Å². The van der Waals surface area contributed by atoms with Gasteiger partial charge in [0.05, 0.1) is 11.9 Å². The fourth-order valence-electron chi connectivity index (χ4n) is 2.60. The number of nitrogens with zero attached hydrogens (tertiary/aromatic N) is 4. The summed E-state index contributed by atoms with van der Waals surface area (Å²) in [5, 5.41) is 10.8. The molecule has 1 N–H and O–H groups in total. The third kappa shape index (κ3) is 4.09. The van der Waals surface area contributed by atoms with E-state index in [0.717, 1.165) is 16.6 Å². The van der Waals surface area contributed by atoms with Crippen molar-refractivity contribution in [3.05, 3.63) is 88.7 Å². The number of halogens is 2. The van der Waals surface area contributed by atoms with Crippen LogP contribution in [0.2, 0.25) is 0 Å². The predicted octanol–water partition coefficient (Wildman–Crippen LogP) is 3.85. The number of hydrogen-bond acceptors (Lipinski definition) is 5. The molecule has 0 bridgehead atoms. The molecule has 4 rings (SSSR count). The van der Waals surface area contributed by atoms with Crippen molar-refractivity contribution in [2.24, 2.45) is 0 Å². The molecule has 9 heteroatoms. The predicted molar refractivity (Wildman–Crippen MR) is 101 cm³/mol. The molecule has 0 spiro atoms. The van der Waals surface area contributed by atoms with E-state index in [9.17, 15) is 13.6 Å². The highest BCUT2D eigenvalue weighted by molar-refractivity contribution is 7.15. The van der Waals surface area contributed by atoms with Crippen LogP contribution >= 0.6 is 11.3 Å². The molecule has 0 atom stereocenters. The fourth-order valence-corrected chi connectivity index (χ4v) is 3.44. The van der Waals surface area contributed by atoms with Crippen LogP contribution in [0.1, 0.15) is 20.9 Å². The van der Waals surface area contributed by atoms with Crippen LogP contribution in [-0.2, 0) is 6.42 Å². The molecule has 0 aliphatic rings. The number of amides is 1. The highest BCUT2D eigenvalue weighted by atomic mass is 32.1. The van der Waals surface area contributed by atoms with Crippen molar-refractivity contribution >= 4 is 22.4 Å². The van der Waals surface area contributed by atoms with Crippen LogP contribution in [0.3, 0.4) is 0 Å². The Morgan fingerprint density at radius 2 is 1.86 bits per heavy atom. The number of thiazole rings is 1. The first-order valence-electron chi connectivity index (χ1n) is 8.25. The van der Waals surface area contributed by atoms with E-state index < -0.39 is 17.5 Å². The Balaban J connectivity index is 1.44. The lowest BCUT2D eigenvalue weighted by Crippen LogP contribution is -2.12. The number of aromatic nitrogens is 4. The minimum absolute atomic E-state index is 0.146. The maximum atomic E-state index is 13.3. The zero-order valence-electron chi connectivity index (χ0n) is 14.3. The normalized spacial score (nSPS) is 10.8. The van der Waals surface area contributed by atoms with Crippen LogP contribution in [0.15, 0.2) is 60.9 Å². The molecular weight excluding hydrogens is 384 g/mol. The Labute approximate surface area is 162 Å². The van der Waals surface area contributed by atoms with E-state index in [1.54, 1.807) is 6.20 Å². The maximum absolute atomic E-state index is 13.3. The van der Waals surface area contributed by atoms with E-state index in [1.165, 1.54) is 34.3 Å². The van der Waals surface area contributed by atoms with Crippen LogP contribution in [-0.4, -0.2) is 25.9 Å². The lowest BCUT2D eigenvalue weighted by molar-refractivity contribution is 0.102. The second-order valence-electron chi connectivity index (χ2n) is 5.92.